The Bertz CT molecular complexity index is 868. The van der Waals surface area contributed by atoms with Crippen molar-refractivity contribution in [2.45, 2.75) is 76.8 Å². The standard InChI is InChI=1S/C24H38N2O3S/c1-23(2)18-26(30(4,27)28)17-20-7-8-21(16-22(20)23)29-15-5-6-19-9-13-25(14-10-19)24(3)11-12-24/h7-8,16,19H,5-6,9-15,17-18H2,1-4H3. The smallest absolute Gasteiger partial charge is 0.211 e. The Morgan fingerprint density at radius 3 is 2.47 bits per heavy atom. The second-order valence-electron chi connectivity index (χ2n) is 10.7. The minimum absolute atomic E-state index is 0.220. The minimum atomic E-state index is -3.19. The third kappa shape index (κ3) is 4.86. The molecule has 2 fully saturated rings. The van der Waals surface area contributed by atoms with E-state index in [1.807, 2.05) is 12.1 Å². The summed E-state index contributed by atoms with van der Waals surface area (Å²) in [6.07, 6.45) is 9.08. The highest BCUT2D eigenvalue weighted by molar-refractivity contribution is 7.88. The van der Waals surface area contributed by atoms with Crippen molar-refractivity contribution in [2.75, 3.05) is 32.5 Å². The van der Waals surface area contributed by atoms with Crippen molar-refractivity contribution in [1.29, 1.82) is 0 Å². The molecule has 5 nitrogen and oxygen atoms in total. The van der Waals surface area contributed by atoms with Gasteiger partial charge in [-0.05, 0) is 87.7 Å². The van der Waals surface area contributed by atoms with E-state index in [1.165, 1.54) is 57.0 Å². The third-order valence-corrected chi connectivity index (χ3v) is 8.77. The fourth-order valence-electron chi connectivity index (χ4n) is 5.24. The van der Waals surface area contributed by atoms with E-state index in [9.17, 15) is 8.42 Å². The minimum Gasteiger partial charge on any atom is -0.494 e. The highest BCUT2D eigenvalue weighted by atomic mass is 32.2. The number of ether oxygens (including phenoxy) is 1. The summed E-state index contributed by atoms with van der Waals surface area (Å²) in [5.41, 5.74) is 2.61. The van der Waals surface area contributed by atoms with Crippen molar-refractivity contribution in [3.05, 3.63) is 29.3 Å². The molecule has 3 aliphatic rings. The summed E-state index contributed by atoms with van der Waals surface area (Å²) in [6.45, 7) is 10.9. The molecule has 0 aromatic heterocycles. The molecule has 0 radical (unpaired) electrons. The average Bonchev–Trinajstić information content (AvgIpc) is 3.43. The lowest BCUT2D eigenvalue weighted by Crippen LogP contribution is -2.44. The molecule has 0 spiro atoms. The SMILES string of the molecule is CC1(C)CN(S(C)(=O)=O)Cc2ccc(OCCCC3CCN(C4(C)CC4)CC3)cc21. The van der Waals surface area contributed by atoms with Crippen LogP contribution in [0.5, 0.6) is 5.75 Å². The first-order valence-corrected chi connectivity index (χ1v) is 13.4. The zero-order valence-electron chi connectivity index (χ0n) is 19.1. The zero-order valence-corrected chi connectivity index (χ0v) is 19.9. The van der Waals surface area contributed by atoms with Crippen LogP contribution >= 0.6 is 0 Å². The largest absolute Gasteiger partial charge is 0.494 e. The Labute approximate surface area is 182 Å². The van der Waals surface area contributed by atoms with Crippen molar-refractivity contribution in [2.24, 2.45) is 5.92 Å². The Balaban J connectivity index is 1.26. The fourth-order valence-corrected chi connectivity index (χ4v) is 6.17. The van der Waals surface area contributed by atoms with Crippen LogP contribution in [-0.2, 0) is 22.0 Å². The van der Waals surface area contributed by atoms with Gasteiger partial charge in [-0.3, -0.25) is 4.90 Å². The van der Waals surface area contributed by atoms with E-state index in [4.69, 9.17) is 4.74 Å². The van der Waals surface area contributed by atoms with Gasteiger partial charge in [0.25, 0.3) is 0 Å². The zero-order chi connectivity index (χ0) is 21.6. The number of nitrogens with zero attached hydrogens (tertiary/aromatic N) is 2. The molecular weight excluding hydrogens is 396 g/mol. The normalized spacial score (nSPS) is 24.4. The first-order valence-electron chi connectivity index (χ1n) is 11.5. The van der Waals surface area contributed by atoms with Gasteiger partial charge in [-0.2, -0.15) is 4.31 Å². The lowest BCUT2D eigenvalue weighted by molar-refractivity contribution is 0.121. The number of likely N-dealkylation sites (tertiary alicyclic amines) is 1. The monoisotopic (exact) mass is 434 g/mol. The Morgan fingerprint density at radius 2 is 1.83 bits per heavy atom. The van der Waals surface area contributed by atoms with E-state index in [1.54, 1.807) is 4.31 Å². The molecule has 6 heteroatoms. The van der Waals surface area contributed by atoms with Crippen molar-refractivity contribution in [3.8, 4) is 5.75 Å². The van der Waals surface area contributed by atoms with E-state index in [-0.39, 0.29) is 5.41 Å². The molecule has 0 unspecified atom stereocenters. The molecule has 30 heavy (non-hydrogen) atoms. The van der Waals surface area contributed by atoms with E-state index < -0.39 is 10.0 Å². The third-order valence-electron chi connectivity index (χ3n) is 7.57. The summed E-state index contributed by atoms with van der Waals surface area (Å²) >= 11 is 0. The van der Waals surface area contributed by atoms with Gasteiger partial charge in [0.1, 0.15) is 5.75 Å². The molecule has 0 atom stereocenters. The van der Waals surface area contributed by atoms with Gasteiger partial charge >= 0.3 is 0 Å². The van der Waals surface area contributed by atoms with Gasteiger partial charge in [0.2, 0.25) is 10.0 Å². The molecule has 1 aliphatic carbocycles. The van der Waals surface area contributed by atoms with Gasteiger partial charge in [-0.25, -0.2) is 8.42 Å². The fraction of sp³-hybridized carbons (Fsp3) is 0.750. The number of hydrogen-bond acceptors (Lipinski definition) is 4. The quantitative estimate of drug-likeness (QED) is 0.605. The maximum Gasteiger partial charge on any atom is 0.211 e. The van der Waals surface area contributed by atoms with Gasteiger partial charge < -0.3 is 4.74 Å². The molecule has 168 valence electrons. The van der Waals surface area contributed by atoms with Crippen molar-refractivity contribution < 1.29 is 13.2 Å². The highest BCUT2D eigenvalue weighted by Crippen LogP contribution is 2.43. The van der Waals surface area contributed by atoms with Crippen molar-refractivity contribution in [1.82, 2.24) is 9.21 Å². The van der Waals surface area contributed by atoms with Crippen LogP contribution in [0, 0.1) is 5.92 Å². The van der Waals surface area contributed by atoms with Crippen LogP contribution in [0.2, 0.25) is 0 Å². The highest BCUT2D eigenvalue weighted by Gasteiger charge is 2.43. The van der Waals surface area contributed by atoms with Crippen LogP contribution in [0.1, 0.15) is 70.4 Å². The lowest BCUT2D eigenvalue weighted by Gasteiger charge is -2.38. The molecule has 2 aliphatic heterocycles. The van der Waals surface area contributed by atoms with Crippen LogP contribution in [0.25, 0.3) is 0 Å². The summed E-state index contributed by atoms with van der Waals surface area (Å²) in [5.74, 6) is 1.75. The molecular formula is C24H38N2O3S. The summed E-state index contributed by atoms with van der Waals surface area (Å²) in [5, 5.41) is 0. The van der Waals surface area contributed by atoms with E-state index in [0.29, 0.717) is 18.6 Å². The molecule has 4 rings (SSSR count). The van der Waals surface area contributed by atoms with Crippen LogP contribution in [0.15, 0.2) is 18.2 Å². The van der Waals surface area contributed by atoms with Crippen LogP contribution in [-0.4, -0.2) is 55.7 Å². The van der Waals surface area contributed by atoms with Crippen molar-refractivity contribution in [3.63, 3.8) is 0 Å². The predicted octanol–water partition coefficient (Wildman–Crippen LogP) is 4.16. The van der Waals surface area contributed by atoms with E-state index in [2.05, 4.69) is 31.7 Å². The molecule has 0 amide bonds. The van der Waals surface area contributed by atoms with Crippen LogP contribution < -0.4 is 4.74 Å². The van der Waals surface area contributed by atoms with Crippen LogP contribution in [0.4, 0.5) is 0 Å². The maximum absolute atomic E-state index is 12.0. The lowest BCUT2D eigenvalue weighted by atomic mass is 9.79. The van der Waals surface area contributed by atoms with Gasteiger partial charge in [0.15, 0.2) is 0 Å². The van der Waals surface area contributed by atoms with Gasteiger partial charge in [-0.1, -0.05) is 19.9 Å². The molecule has 1 saturated heterocycles. The Kier molecular flexibility index (Phi) is 5.97. The molecule has 0 N–H and O–H groups in total. The Hall–Kier alpha value is -1.11. The molecule has 1 aromatic rings. The number of fused-ring (bicyclic) bond motifs is 1. The number of hydrogen-bond donors (Lipinski definition) is 0. The molecule has 2 heterocycles. The van der Waals surface area contributed by atoms with Gasteiger partial charge in [-0.15, -0.1) is 0 Å². The molecule has 1 aromatic carbocycles. The topological polar surface area (TPSA) is 49.9 Å². The van der Waals surface area contributed by atoms with Gasteiger partial charge in [0, 0.05) is 24.0 Å². The second-order valence-corrected chi connectivity index (χ2v) is 12.6. The summed E-state index contributed by atoms with van der Waals surface area (Å²) in [7, 11) is -3.19. The number of sulfonamides is 1. The first kappa shape index (κ1) is 22.1. The predicted molar refractivity (Wildman–Crippen MR) is 121 cm³/mol. The Morgan fingerprint density at radius 1 is 1.13 bits per heavy atom. The number of benzene rings is 1. The number of rotatable bonds is 7. The second kappa shape index (κ2) is 8.10. The molecule has 1 saturated carbocycles. The summed E-state index contributed by atoms with van der Waals surface area (Å²) < 4.78 is 31.7. The summed E-state index contributed by atoms with van der Waals surface area (Å²) in [4.78, 5) is 2.71. The summed E-state index contributed by atoms with van der Waals surface area (Å²) in [6, 6.07) is 6.16. The first-order chi connectivity index (χ1) is 14.1. The average molecular weight is 435 g/mol. The number of piperidine rings is 1. The van der Waals surface area contributed by atoms with Crippen LogP contribution in [0.3, 0.4) is 0 Å². The van der Waals surface area contributed by atoms with E-state index in [0.717, 1.165) is 30.3 Å². The molecule has 0 bridgehead atoms. The van der Waals surface area contributed by atoms with Gasteiger partial charge in [0.05, 0.1) is 12.9 Å². The van der Waals surface area contributed by atoms with E-state index >= 15 is 0 Å². The maximum atomic E-state index is 12.0. The van der Waals surface area contributed by atoms with Crippen molar-refractivity contribution >= 4 is 10.0 Å².